The predicted molar refractivity (Wildman–Crippen MR) is 45.8 cm³/mol. The Bertz CT molecular complexity index is 134. The zero-order chi connectivity index (χ0) is 9.02. The molecule has 0 spiro atoms. The summed E-state index contributed by atoms with van der Waals surface area (Å²) in [5.41, 5.74) is 10.7. The van der Waals surface area contributed by atoms with Crippen LogP contribution in [0.3, 0.4) is 0 Å². The second-order valence-corrected chi connectivity index (χ2v) is 3.44. The molecule has 0 aromatic carbocycles. The van der Waals surface area contributed by atoms with Gasteiger partial charge < -0.3 is 11.5 Å². The van der Waals surface area contributed by atoms with Crippen molar-refractivity contribution in [1.82, 2.24) is 0 Å². The molecule has 1 unspecified atom stereocenters. The zero-order valence-corrected chi connectivity index (χ0v) is 7.50. The monoisotopic (exact) mass is 158 g/mol. The summed E-state index contributed by atoms with van der Waals surface area (Å²) in [7, 11) is 0. The Morgan fingerprint density at radius 3 is 2.09 bits per heavy atom. The van der Waals surface area contributed by atoms with Gasteiger partial charge in [0.1, 0.15) is 0 Å². The van der Waals surface area contributed by atoms with Gasteiger partial charge in [-0.2, -0.15) is 0 Å². The molecule has 0 aromatic heterocycles. The molecule has 0 rings (SSSR count). The zero-order valence-electron chi connectivity index (χ0n) is 7.50. The predicted octanol–water partition coefficient (Wildman–Crippen LogP) is 0.481. The normalized spacial score (nSPS) is 16.5. The highest BCUT2D eigenvalue weighted by molar-refractivity contribution is 5.74. The number of carbonyl (C=O) groups excluding carboxylic acids is 1. The summed E-state index contributed by atoms with van der Waals surface area (Å²) in [5, 5.41) is 0. The Hall–Kier alpha value is -0.570. The standard InChI is InChI=1S/C8H18N2O/c1-5(2)6(3)7(9)4-8(10)11/h5-7H,4,9H2,1-3H3,(H2,10,11)/t6?,7-/m1/s1. The van der Waals surface area contributed by atoms with Crippen molar-refractivity contribution in [3.63, 3.8) is 0 Å². The van der Waals surface area contributed by atoms with Crippen LogP contribution in [0.5, 0.6) is 0 Å². The minimum Gasteiger partial charge on any atom is -0.370 e. The lowest BCUT2D eigenvalue weighted by Crippen LogP contribution is -2.35. The Morgan fingerprint density at radius 2 is 1.82 bits per heavy atom. The Balaban J connectivity index is 3.82. The van der Waals surface area contributed by atoms with Crippen molar-refractivity contribution in [3.05, 3.63) is 0 Å². The van der Waals surface area contributed by atoms with Gasteiger partial charge in [0, 0.05) is 12.5 Å². The van der Waals surface area contributed by atoms with E-state index in [0.29, 0.717) is 18.3 Å². The van der Waals surface area contributed by atoms with E-state index in [1.165, 1.54) is 0 Å². The molecule has 0 radical (unpaired) electrons. The third-order valence-corrected chi connectivity index (χ3v) is 2.16. The molecule has 0 aromatic rings. The molecule has 11 heavy (non-hydrogen) atoms. The van der Waals surface area contributed by atoms with Gasteiger partial charge in [0.05, 0.1) is 0 Å². The molecule has 0 fully saturated rings. The number of primary amides is 1. The number of amides is 1. The maximum Gasteiger partial charge on any atom is 0.218 e. The van der Waals surface area contributed by atoms with Gasteiger partial charge in [-0.05, 0) is 11.8 Å². The van der Waals surface area contributed by atoms with Gasteiger partial charge in [-0.3, -0.25) is 4.79 Å². The second kappa shape index (κ2) is 4.34. The highest BCUT2D eigenvalue weighted by Crippen LogP contribution is 2.14. The van der Waals surface area contributed by atoms with Crippen LogP contribution >= 0.6 is 0 Å². The molecule has 0 aliphatic carbocycles. The highest BCUT2D eigenvalue weighted by Gasteiger charge is 2.17. The lowest BCUT2D eigenvalue weighted by Gasteiger charge is -2.21. The van der Waals surface area contributed by atoms with E-state index >= 15 is 0 Å². The van der Waals surface area contributed by atoms with Crippen LogP contribution in [-0.2, 0) is 4.79 Å². The smallest absolute Gasteiger partial charge is 0.218 e. The van der Waals surface area contributed by atoms with Crippen molar-refractivity contribution < 1.29 is 4.79 Å². The number of rotatable bonds is 4. The van der Waals surface area contributed by atoms with Gasteiger partial charge in [-0.1, -0.05) is 20.8 Å². The fraction of sp³-hybridized carbons (Fsp3) is 0.875. The van der Waals surface area contributed by atoms with E-state index < -0.39 is 0 Å². The van der Waals surface area contributed by atoms with Crippen LogP contribution in [0.2, 0.25) is 0 Å². The van der Waals surface area contributed by atoms with E-state index in [-0.39, 0.29) is 11.9 Å². The van der Waals surface area contributed by atoms with Crippen molar-refractivity contribution >= 4 is 5.91 Å². The fourth-order valence-corrected chi connectivity index (χ4v) is 0.913. The van der Waals surface area contributed by atoms with Crippen LogP contribution in [0.15, 0.2) is 0 Å². The summed E-state index contributed by atoms with van der Waals surface area (Å²) in [4.78, 5) is 10.5. The van der Waals surface area contributed by atoms with Crippen LogP contribution < -0.4 is 11.5 Å². The molecule has 1 amide bonds. The van der Waals surface area contributed by atoms with Crippen molar-refractivity contribution in [1.29, 1.82) is 0 Å². The van der Waals surface area contributed by atoms with Gasteiger partial charge in [0.2, 0.25) is 5.91 Å². The Morgan fingerprint density at radius 1 is 1.36 bits per heavy atom. The van der Waals surface area contributed by atoms with Crippen molar-refractivity contribution in [3.8, 4) is 0 Å². The molecule has 0 heterocycles. The maximum atomic E-state index is 10.5. The first kappa shape index (κ1) is 10.4. The number of carbonyl (C=O) groups is 1. The molecule has 0 aliphatic heterocycles. The van der Waals surface area contributed by atoms with Gasteiger partial charge in [0.25, 0.3) is 0 Å². The molecule has 0 aliphatic rings. The van der Waals surface area contributed by atoms with Crippen LogP contribution in [0, 0.1) is 11.8 Å². The van der Waals surface area contributed by atoms with Gasteiger partial charge in [0.15, 0.2) is 0 Å². The topological polar surface area (TPSA) is 69.1 Å². The van der Waals surface area contributed by atoms with Gasteiger partial charge in [-0.25, -0.2) is 0 Å². The van der Waals surface area contributed by atoms with E-state index in [1.807, 2.05) is 6.92 Å². The second-order valence-electron chi connectivity index (χ2n) is 3.44. The quantitative estimate of drug-likeness (QED) is 0.625. The Labute approximate surface area is 68.1 Å². The highest BCUT2D eigenvalue weighted by atomic mass is 16.1. The molecule has 3 heteroatoms. The van der Waals surface area contributed by atoms with E-state index in [0.717, 1.165) is 0 Å². The summed E-state index contributed by atoms with van der Waals surface area (Å²) < 4.78 is 0. The SMILES string of the molecule is CC(C)C(C)[C@H](N)CC(N)=O. The Kier molecular flexibility index (Phi) is 4.11. The molecular weight excluding hydrogens is 140 g/mol. The summed E-state index contributed by atoms with van der Waals surface area (Å²) in [6.07, 6.45) is 0.291. The first-order chi connectivity index (χ1) is 4.95. The third kappa shape index (κ3) is 3.98. The van der Waals surface area contributed by atoms with Crippen LogP contribution in [0.1, 0.15) is 27.2 Å². The van der Waals surface area contributed by atoms with Gasteiger partial charge >= 0.3 is 0 Å². The molecule has 4 N–H and O–H groups in total. The summed E-state index contributed by atoms with van der Waals surface area (Å²) >= 11 is 0. The van der Waals surface area contributed by atoms with Crippen LogP contribution in [-0.4, -0.2) is 11.9 Å². The number of hydrogen-bond acceptors (Lipinski definition) is 2. The minimum atomic E-state index is -0.315. The number of nitrogens with two attached hydrogens (primary N) is 2. The molecular formula is C8H18N2O. The summed E-state index contributed by atoms with van der Waals surface area (Å²) in [6.45, 7) is 6.22. The molecule has 3 nitrogen and oxygen atoms in total. The minimum absolute atomic E-state index is 0.0903. The molecule has 0 saturated carbocycles. The molecule has 0 bridgehead atoms. The first-order valence-corrected chi connectivity index (χ1v) is 3.99. The van der Waals surface area contributed by atoms with Crippen molar-refractivity contribution in [2.45, 2.75) is 33.2 Å². The van der Waals surface area contributed by atoms with Crippen LogP contribution in [0.4, 0.5) is 0 Å². The summed E-state index contributed by atoms with van der Waals surface area (Å²) in [6, 6.07) is -0.0903. The fourth-order valence-electron chi connectivity index (χ4n) is 0.913. The lowest BCUT2D eigenvalue weighted by molar-refractivity contribution is -0.118. The van der Waals surface area contributed by atoms with Gasteiger partial charge in [-0.15, -0.1) is 0 Å². The summed E-state index contributed by atoms with van der Waals surface area (Å²) in [5.74, 6) is 0.539. The van der Waals surface area contributed by atoms with Crippen molar-refractivity contribution in [2.75, 3.05) is 0 Å². The number of hydrogen-bond donors (Lipinski definition) is 2. The van der Waals surface area contributed by atoms with Crippen LogP contribution in [0.25, 0.3) is 0 Å². The largest absolute Gasteiger partial charge is 0.370 e. The molecule has 0 saturated heterocycles. The molecule has 2 atom stereocenters. The van der Waals surface area contributed by atoms with E-state index in [1.54, 1.807) is 0 Å². The average Bonchev–Trinajstić information content (AvgIpc) is 1.84. The van der Waals surface area contributed by atoms with Crippen molar-refractivity contribution in [2.24, 2.45) is 23.3 Å². The van der Waals surface area contributed by atoms with E-state index in [4.69, 9.17) is 11.5 Å². The average molecular weight is 158 g/mol. The lowest BCUT2D eigenvalue weighted by atomic mass is 9.89. The van der Waals surface area contributed by atoms with E-state index in [9.17, 15) is 4.79 Å². The molecule has 66 valence electrons. The van der Waals surface area contributed by atoms with E-state index in [2.05, 4.69) is 13.8 Å². The first-order valence-electron chi connectivity index (χ1n) is 3.99. The maximum absolute atomic E-state index is 10.5. The third-order valence-electron chi connectivity index (χ3n) is 2.16.